The molecule has 0 radical (unpaired) electrons. The summed E-state index contributed by atoms with van der Waals surface area (Å²) in [6, 6.07) is 1.34. The van der Waals surface area contributed by atoms with Crippen LogP contribution in [0.25, 0.3) is 0 Å². The fourth-order valence-electron chi connectivity index (χ4n) is 1.80. The maximum atomic E-state index is 11.9. The number of aromatic nitrogens is 2. The average molecular weight is 254 g/mol. The quantitative estimate of drug-likeness (QED) is 0.641. The molecule has 8 heteroatoms. The topological polar surface area (TPSA) is 108 Å². The molecule has 8 nitrogen and oxygen atoms in total. The average Bonchev–Trinajstić information content (AvgIpc) is 2.63. The number of likely N-dealkylation sites (tertiary alicyclic amines) is 1. The van der Waals surface area contributed by atoms with Crippen molar-refractivity contribution < 1.29 is 19.8 Å². The minimum absolute atomic E-state index is 0.166. The summed E-state index contributed by atoms with van der Waals surface area (Å²) in [5.74, 6) is -0.320. The molecule has 2 rings (SSSR count). The molecule has 1 aromatic rings. The number of amides is 2. The van der Waals surface area contributed by atoms with Gasteiger partial charge in [-0.3, -0.25) is 9.48 Å². The molecule has 0 aliphatic carbocycles. The van der Waals surface area contributed by atoms with Gasteiger partial charge in [0.25, 0.3) is 5.91 Å². The maximum absolute atomic E-state index is 11.9. The Morgan fingerprint density at radius 2 is 2.22 bits per heavy atom. The van der Waals surface area contributed by atoms with Crippen molar-refractivity contribution in [1.29, 1.82) is 0 Å². The number of aliphatic hydroxyl groups is 1. The number of nitrogens with zero attached hydrogens (tertiary/aromatic N) is 3. The second-order valence-corrected chi connectivity index (χ2v) is 4.16. The minimum atomic E-state index is -0.983. The number of hydrogen-bond acceptors (Lipinski definition) is 4. The van der Waals surface area contributed by atoms with Crippen LogP contribution in [0.15, 0.2) is 6.07 Å². The Morgan fingerprint density at radius 1 is 1.56 bits per heavy atom. The van der Waals surface area contributed by atoms with Gasteiger partial charge in [-0.15, -0.1) is 0 Å². The van der Waals surface area contributed by atoms with Crippen molar-refractivity contribution in [3.05, 3.63) is 17.5 Å². The van der Waals surface area contributed by atoms with Gasteiger partial charge < -0.3 is 20.4 Å². The van der Waals surface area contributed by atoms with Crippen molar-refractivity contribution in [3.63, 3.8) is 0 Å². The first-order valence-corrected chi connectivity index (χ1v) is 5.43. The van der Waals surface area contributed by atoms with Crippen molar-refractivity contribution in [2.45, 2.75) is 12.6 Å². The number of carbonyl (C=O) groups is 2. The summed E-state index contributed by atoms with van der Waals surface area (Å²) in [6.07, 6.45) is -0.983. The van der Waals surface area contributed by atoms with Gasteiger partial charge in [-0.05, 0) is 6.07 Å². The van der Waals surface area contributed by atoms with Crippen LogP contribution in [-0.2, 0) is 13.7 Å². The zero-order valence-electron chi connectivity index (χ0n) is 9.83. The summed E-state index contributed by atoms with van der Waals surface area (Å²) in [5, 5.41) is 24.2. The van der Waals surface area contributed by atoms with Crippen molar-refractivity contribution in [3.8, 4) is 0 Å². The molecule has 0 spiro atoms. The van der Waals surface area contributed by atoms with E-state index in [1.807, 2.05) is 0 Å². The van der Waals surface area contributed by atoms with Gasteiger partial charge in [-0.2, -0.15) is 5.10 Å². The minimum Gasteiger partial charge on any atom is -0.465 e. The van der Waals surface area contributed by atoms with Gasteiger partial charge in [0.1, 0.15) is 5.69 Å². The molecule has 0 aromatic carbocycles. The van der Waals surface area contributed by atoms with E-state index in [0.29, 0.717) is 24.5 Å². The highest BCUT2D eigenvalue weighted by atomic mass is 16.4. The van der Waals surface area contributed by atoms with Gasteiger partial charge in [-0.25, -0.2) is 4.79 Å². The highest BCUT2D eigenvalue weighted by Gasteiger charge is 2.32. The van der Waals surface area contributed by atoms with E-state index in [4.69, 9.17) is 10.2 Å². The lowest BCUT2D eigenvalue weighted by molar-refractivity contribution is 0.0761. The summed E-state index contributed by atoms with van der Waals surface area (Å²) < 4.78 is 1.38. The molecule has 0 unspecified atom stereocenters. The second kappa shape index (κ2) is 4.65. The zero-order valence-corrected chi connectivity index (χ0v) is 9.83. The van der Waals surface area contributed by atoms with Crippen LogP contribution in [0.4, 0.5) is 4.79 Å². The molecular formula is C10H14N4O4. The third-order valence-corrected chi connectivity index (χ3v) is 2.81. The predicted octanol–water partition coefficient (Wildman–Crippen LogP) is -0.996. The molecule has 3 N–H and O–H groups in total. The molecule has 1 aromatic heterocycles. The summed E-state index contributed by atoms with van der Waals surface area (Å²) in [6.45, 7) is 0.370. The molecule has 98 valence electrons. The van der Waals surface area contributed by atoms with Crippen LogP contribution in [-0.4, -0.2) is 56.0 Å². The standard InChI is InChI=1S/C10H14N4O4/c1-13-8(2-6(5-15)12-13)9(16)11-7-3-14(4-7)10(17)18/h2,7,15H,3-5H2,1H3,(H,11,16)(H,17,18). The first-order chi connectivity index (χ1) is 8.51. The SMILES string of the molecule is Cn1nc(CO)cc1C(=O)NC1CN(C(=O)O)C1. The molecule has 1 aliphatic rings. The monoisotopic (exact) mass is 254 g/mol. The molecule has 0 atom stereocenters. The maximum Gasteiger partial charge on any atom is 0.407 e. The Hall–Kier alpha value is -2.09. The number of nitrogens with one attached hydrogen (secondary N) is 1. The lowest BCUT2D eigenvalue weighted by atomic mass is 10.1. The van der Waals surface area contributed by atoms with Crippen LogP contribution in [0, 0.1) is 0 Å². The molecular weight excluding hydrogens is 240 g/mol. The van der Waals surface area contributed by atoms with Crippen molar-refractivity contribution in [2.24, 2.45) is 7.05 Å². The lowest BCUT2D eigenvalue weighted by Gasteiger charge is -2.37. The van der Waals surface area contributed by atoms with Crippen LogP contribution >= 0.6 is 0 Å². The zero-order chi connectivity index (χ0) is 13.3. The van der Waals surface area contributed by atoms with Crippen LogP contribution < -0.4 is 5.32 Å². The largest absolute Gasteiger partial charge is 0.465 e. The molecule has 1 aliphatic heterocycles. The van der Waals surface area contributed by atoms with Crippen LogP contribution in [0.3, 0.4) is 0 Å². The highest BCUT2D eigenvalue weighted by Crippen LogP contribution is 2.09. The van der Waals surface area contributed by atoms with Crippen LogP contribution in [0.1, 0.15) is 16.2 Å². The van der Waals surface area contributed by atoms with Crippen molar-refractivity contribution in [1.82, 2.24) is 20.0 Å². The van der Waals surface area contributed by atoms with Crippen LogP contribution in [0.2, 0.25) is 0 Å². The van der Waals surface area contributed by atoms with Gasteiger partial charge >= 0.3 is 6.09 Å². The van der Waals surface area contributed by atoms with Gasteiger partial charge in [0.05, 0.1) is 18.3 Å². The van der Waals surface area contributed by atoms with E-state index in [2.05, 4.69) is 10.4 Å². The van der Waals surface area contributed by atoms with E-state index in [9.17, 15) is 9.59 Å². The van der Waals surface area contributed by atoms with E-state index in [0.717, 1.165) is 0 Å². The number of hydrogen-bond donors (Lipinski definition) is 3. The van der Waals surface area contributed by atoms with Crippen molar-refractivity contribution in [2.75, 3.05) is 13.1 Å². The molecule has 0 bridgehead atoms. The molecule has 2 amide bonds. The van der Waals surface area contributed by atoms with Gasteiger partial charge in [0.2, 0.25) is 0 Å². The Balaban J connectivity index is 1.93. The third kappa shape index (κ3) is 2.28. The number of carbonyl (C=O) groups excluding carboxylic acids is 1. The normalized spacial score (nSPS) is 15.3. The fraction of sp³-hybridized carbons (Fsp3) is 0.500. The Morgan fingerprint density at radius 3 is 2.72 bits per heavy atom. The van der Waals surface area contributed by atoms with E-state index in [1.165, 1.54) is 15.6 Å². The van der Waals surface area contributed by atoms with E-state index in [-0.39, 0.29) is 18.6 Å². The Labute approximate surface area is 103 Å². The molecule has 0 saturated carbocycles. The van der Waals surface area contributed by atoms with E-state index in [1.54, 1.807) is 7.05 Å². The molecule has 2 heterocycles. The Kier molecular flexibility index (Phi) is 3.19. The fourth-order valence-corrected chi connectivity index (χ4v) is 1.80. The second-order valence-electron chi connectivity index (χ2n) is 4.16. The smallest absolute Gasteiger partial charge is 0.407 e. The highest BCUT2D eigenvalue weighted by molar-refractivity contribution is 5.93. The van der Waals surface area contributed by atoms with Gasteiger partial charge in [0, 0.05) is 20.1 Å². The predicted molar refractivity (Wildman–Crippen MR) is 60.0 cm³/mol. The molecule has 1 saturated heterocycles. The molecule has 18 heavy (non-hydrogen) atoms. The van der Waals surface area contributed by atoms with Crippen LogP contribution in [0.5, 0.6) is 0 Å². The number of aliphatic hydroxyl groups excluding tert-OH is 1. The summed E-state index contributed by atoms with van der Waals surface area (Å²) in [4.78, 5) is 23.6. The van der Waals surface area contributed by atoms with Gasteiger partial charge in [0.15, 0.2) is 0 Å². The molecule has 1 fully saturated rings. The van der Waals surface area contributed by atoms with E-state index < -0.39 is 6.09 Å². The number of rotatable bonds is 3. The summed E-state index contributed by atoms with van der Waals surface area (Å²) in [7, 11) is 1.61. The lowest BCUT2D eigenvalue weighted by Crippen LogP contribution is -2.60. The number of aryl methyl sites for hydroxylation is 1. The number of carboxylic acid groups (broad SMARTS) is 1. The third-order valence-electron chi connectivity index (χ3n) is 2.81. The first-order valence-electron chi connectivity index (χ1n) is 5.43. The first kappa shape index (κ1) is 12.4. The van der Waals surface area contributed by atoms with E-state index >= 15 is 0 Å². The summed E-state index contributed by atoms with van der Waals surface area (Å²) in [5.41, 5.74) is 0.760. The van der Waals surface area contributed by atoms with Crippen molar-refractivity contribution >= 4 is 12.0 Å². The van der Waals surface area contributed by atoms with Gasteiger partial charge in [-0.1, -0.05) is 0 Å². The summed E-state index contributed by atoms with van der Waals surface area (Å²) >= 11 is 0. The Bertz CT molecular complexity index is 478.